The van der Waals surface area contributed by atoms with Crippen LogP contribution in [0.3, 0.4) is 0 Å². The molecule has 1 fully saturated rings. The molecule has 1 unspecified atom stereocenters. The lowest BCUT2D eigenvalue weighted by molar-refractivity contribution is 0.0605. The van der Waals surface area contributed by atoms with E-state index in [0.29, 0.717) is 6.61 Å². The first-order valence-corrected chi connectivity index (χ1v) is 9.81. The van der Waals surface area contributed by atoms with E-state index in [1.165, 1.54) is 0 Å². The summed E-state index contributed by atoms with van der Waals surface area (Å²) >= 11 is 0. The lowest BCUT2D eigenvalue weighted by Crippen LogP contribution is -2.44. The summed E-state index contributed by atoms with van der Waals surface area (Å²) in [6.07, 6.45) is -1.03. The molecule has 0 amide bonds. The van der Waals surface area contributed by atoms with Crippen LogP contribution in [-0.4, -0.2) is 63.6 Å². The van der Waals surface area contributed by atoms with Gasteiger partial charge in [-0.3, -0.25) is 4.90 Å². The van der Waals surface area contributed by atoms with Crippen LogP contribution < -0.4 is 10.6 Å². The van der Waals surface area contributed by atoms with Crippen LogP contribution in [0.25, 0.3) is 0 Å². The Morgan fingerprint density at radius 1 is 0.963 bits per heavy atom. The van der Waals surface area contributed by atoms with Crippen molar-refractivity contribution in [3.05, 3.63) is 71.8 Å². The van der Waals surface area contributed by atoms with E-state index in [4.69, 9.17) is 4.74 Å². The molecule has 0 saturated carbocycles. The van der Waals surface area contributed by atoms with Gasteiger partial charge in [-0.1, -0.05) is 60.7 Å². The number of hydrogen-bond acceptors (Lipinski definition) is 4. The Labute approximate surface area is 161 Å². The maximum Gasteiger partial charge on any atom is 0.136 e. The van der Waals surface area contributed by atoms with Crippen LogP contribution in [0.4, 0.5) is 4.39 Å². The van der Waals surface area contributed by atoms with Gasteiger partial charge in [-0.2, -0.15) is 0 Å². The first-order chi connectivity index (χ1) is 13.3. The van der Waals surface area contributed by atoms with Gasteiger partial charge in [-0.05, 0) is 11.1 Å². The number of alkyl halides is 1. The predicted molar refractivity (Wildman–Crippen MR) is 108 cm³/mol. The van der Waals surface area contributed by atoms with Crippen LogP contribution in [0.5, 0.6) is 0 Å². The number of piperazine rings is 1. The average Bonchev–Trinajstić information content (AvgIpc) is 2.74. The van der Waals surface area contributed by atoms with E-state index in [1.54, 1.807) is 0 Å². The second kappa shape index (κ2) is 11.1. The average molecular weight is 372 g/mol. The molecule has 0 spiro atoms. The second-order valence-electron chi connectivity index (χ2n) is 6.93. The highest BCUT2D eigenvalue weighted by Crippen LogP contribution is 2.21. The monoisotopic (exact) mass is 371 g/mol. The quantitative estimate of drug-likeness (QED) is 0.630. The van der Waals surface area contributed by atoms with Gasteiger partial charge < -0.3 is 15.4 Å². The third-order valence-corrected chi connectivity index (χ3v) is 4.87. The molecule has 1 atom stereocenters. The van der Waals surface area contributed by atoms with Crippen LogP contribution in [0.1, 0.15) is 17.2 Å². The van der Waals surface area contributed by atoms with Gasteiger partial charge in [0.25, 0.3) is 0 Å². The molecule has 5 heteroatoms. The smallest absolute Gasteiger partial charge is 0.136 e. The Morgan fingerprint density at radius 3 is 2.15 bits per heavy atom. The van der Waals surface area contributed by atoms with Crippen LogP contribution >= 0.6 is 0 Å². The Bertz CT molecular complexity index is 595. The van der Waals surface area contributed by atoms with E-state index in [9.17, 15) is 4.39 Å². The number of rotatable bonds is 10. The third kappa shape index (κ3) is 6.70. The fraction of sp³-hybridized carbons (Fsp3) is 0.455. The fourth-order valence-corrected chi connectivity index (χ4v) is 3.36. The van der Waals surface area contributed by atoms with Crippen molar-refractivity contribution in [2.24, 2.45) is 0 Å². The van der Waals surface area contributed by atoms with Crippen molar-refractivity contribution < 1.29 is 9.13 Å². The zero-order valence-corrected chi connectivity index (χ0v) is 15.8. The molecule has 0 bridgehead atoms. The van der Waals surface area contributed by atoms with Crippen molar-refractivity contribution in [3.63, 3.8) is 0 Å². The molecule has 1 aliphatic rings. The molecule has 2 aromatic rings. The van der Waals surface area contributed by atoms with Crippen molar-refractivity contribution >= 4 is 0 Å². The highest BCUT2D eigenvalue weighted by atomic mass is 19.1. The standard InChI is InChI=1S/C22H30FN3O/c23-21(18-27-16-15-26-13-11-24-12-14-26)17-25-22(19-7-3-1-4-8-19)20-9-5-2-6-10-20/h1-10,21-22,24-25H,11-18H2. The maximum absolute atomic E-state index is 14.3. The molecule has 0 aromatic heterocycles. The van der Waals surface area contributed by atoms with Gasteiger partial charge in [0, 0.05) is 39.3 Å². The van der Waals surface area contributed by atoms with E-state index < -0.39 is 6.17 Å². The SMILES string of the molecule is FC(CNC(c1ccccc1)c1ccccc1)COCCN1CCNCC1. The van der Waals surface area contributed by atoms with Gasteiger partial charge in [-0.15, -0.1) is 0 Å². The molecular formula is C22H30FN3O. The molecule has 146 valence electrons. The Kier molecular flexibility index (Phi) is 8.24. The molecule has 1 saturated heterocycles. The predicted octanol–water partition coefficient (Wildman–Crippen LogP) is 2.63. The van der Waals surface area contributed by atoms with Crippen LogP contribution in [0.15, 0.2) is 60.7 Å². The largest absolute Gasteiger partial charge is 0.377 e. The second-order valence-corrected chi connectivity index (χ2v) is 6.93. The number of halogens is 1. The highest BCUT2D eigenvalue weighted by Gasteiger charge is 2.16. The topological polar surface area (TPSA) is 36.5 Å². The highest BCUT2D eigenvalue weighted by molar-refractivity contribution is 5.31. The number of nitrogens with one attached hydrogen (secondary N) is 2. The van der Waals surface area contributed by atoms with E-state index >= 15 is 0 Å². The number of ether oxygens (including phenoxy) is 1. The first kappa shape index (κ1) is 20.0. The van der Waals surface area contributed by atoms with E-state index in [-0.39, 0.29) is 19.2 Å². The Balaban J connectivity index is 1.44. The number of benzene rings is 2. The van der Waals surface area contributed by atoms with E-state index in [0.717, 1.165) is 43.9 Å². The molecule has 2 aromatic carbocycles. The van der Waals surface area contributed by atoms with Gasteiger partial charge in [0.2, 0.25) is 0 Å². The van der Waals surface area contributed by atoms with Gasteiger partial charge in [0.1, 0.15) is 6.17 Å². The van der Waals surface area contributed by atoms with Gasteiger partial charge in [0.15, 0.2) is 0 Å². The summed E-state index contributed by atoms with van der Waals surface area (Å²) in [5.74, 6) is 0. The molecular weight excluding hydrogens is 341 g/mol. The minimum absolute atomic E-state index is 0.0218. The maximum atomic E-state index is 14.3. The van der Waals surface area contributed by atoms with E-state index in [2.05, 4.69) is 39.8 Å². The minimum Gasteiger partial charge on any atom is -0.377 e. The molecule has 2 N–H and O–H groups in total. The van der Waals surface area contributed by atoms with Crippen LogP contribution in [0, 0.1) is 0 Å². The van der Waals surface area contributed by atoms with Crippen LogP contribution in [-0.2, 0) is 4.74 Å². The zero-order valence-electron chi connectivity index (χ0n) is 15.8. The van der Waals surface area contributed by atoms with Crippen LogP contribution in [0.2, 0.25) is 0 Å². The van der Waals surface area contributed by atoms with Crippen molar-refractivity contribution in [2.75, 3.05) is 52.5 Å². The molecule has 0 radical (unpaired) electrons. The van der Waals surface area contributed by atoms with Crippen molar-refractivity contribution in [3.8, 4) is 0 Å². The molecule has 4 nitrogen and oxygen atoms in total. The number of nitrogens with zero attached hydrogens (tertiary/aromatic N) is 1. The molecule has 1 aliphatic heterocycles. The summed E-state index contributed by atoms with van der Waals surface area (Å²) in [4.78, 5) is 2.35. The van der Waals surface area contributed by atoms with Crippen molar-refractivity contribution in [1.29, 1.82) is 0 Å². The summed E-state index contributed by atoms with van der Waals surface area (Å²) in [6.45, 7) is 5.99. The van der Waals surface area contributed by atoms with Gasteiger partial charge >= 0.3 is 0 Å². The minimum atomic E-state index is -1.03. The summed E-state index contributed by atoms with van der Waals surface area (Å²) < 4.78 is 19.9. The number of hydrogen-bond donors (Lipinski definition) is 2. The summed E-state index contributed by atoms with van der Waals surface area (Å²) in [5, 5.41) is 6.70. The molecule has 27 heavy (non-hydrogen) atoms. The summed E-state index contributed by atoms with van der Waals surface area (Å²) in [6, 6.07) is 20.3. The lowest BCUT2D eigenvalue weighted by Gasteiger charge is -2.27. The summed E-state index contributed by atoms with van der Waals surface area (Å²) in [5.41, 5.74) is 2.27. The fourth-order valence-electron chi connectivity index (χ4n) is 3.36. The van der Waals surface area contributed by atoms with Crippen molar-refractivity contribution in [1.82, 2.24) is 15.5 Å². The lowest BCUT2D eigenvalue weighted by atomic mass is 9.98. The summed E-state index contributed by atoms with van der Waals surface area (Å²) in [7, 11) is 0. The molecule has 1 heterocycles. The van der Waals surface area contributed by atoms with E-state index in [1.807, 2.05) is 36.4 Å². The van der Waals surface area contributed by atoms with Crippen molar-refractivity contribution in [2.45, 2.75) is 12.2 Å². The third-order valence-electron chi connectivity index (χ3n) is 4.87. The molecule has 3 rings (SSSR count). The Hall–Kier alpha value is -1.79. The normalized spacial score (nSPS) is 16.5. The van der Waals surface area contributed by atoms with Gasteiger partial charge in [-0.25, -0.2) is 4.39 Å². The first-order valence-electron chi connectivity index (χ1n) is 9.81. The Morgan fingerprint density at radius 2 is 1.56 bits per heavy atom. The zero-order chi connectivity index (χ0) is 18.7. The van der Waals surface area contributed by atoms with Gasteiger partial charge in [0.05, 0.1) is 19.3 Å². The molecule has 0 aliphatic carbocycles.